The fraction of sp³-hybridized carbons (Fsp3) is 0.400. The van der Waals surface area contributed by atoms with Crippen LogP contribution >= 0.6 is 0 Å². The molecule has 0 saturated heterocycles. The van der Waals surface area contributed by atoms with Crippen molar-refractivity contribution < 1.29 is 23.8 Å². The van der Waals surface area contributed by atoms with Gasteiger partial charge >= 0.3 is 0 Å². The number of nitrogens with one attached hydrogen (secondary N) is 2. The van der Waals surface area contributed by atoms with E-state index in [1.807, 2.05) is 31.2 Å². The molecule has 2 atom stereocenters. The normalized spacial score (nSPS) is 20.4. The summed E-state index contributed by atoms with van der Waals surface area (Å²) in [6, 6.07) is 10.2. The summed E-state index contributed by atoms with van der Waals surface area (Å²) < 4.78 is 22.5. The molecular weight excluding hydrogens is 332 g/mol. The average Bonchev–Trinajstić information content (AvgIpc) is 3.12. The Balaban J connectivity index is 1.69. The Bertz CT molecular complexity index is 791. The maximum atomic E-state index is 5.74. The standard InChI is InChI=1S/C20H24N2O4/c1-4-24-15-7-5-14(6-8-15)21-20-17-13(9-10-22(20)2)11-16-18(19(17)23-3)26-12-25-16/h5-8,11,20-21H,4,9-10,12H2,1-3H3/p+1/t20-/m0/s1. The Morgan fingerprint density at radius 2 is 2.04 bits per heavy atom. The van der Waals surface area contributed by atoms with Crippen LogP contribution < -0.4 is 29.2 Å². The minimum Gasteiger partial charge on any atom is -0.494 e. The summed E-state index contributed by atoms with van der Waals surface area (Å²) in [7, 11) is 3.88. The second-order valence-corrected chi connectivity index (χ2v) is 6.60. The summed E-state index contributed by atoms with van der Waals surface area (Å²) in [6.45, 7) is 3.93. The van der Waals surface area contributed by atoms with E-state index in [0.717, 1.165) is 41.5 Å². The average molecular weight is 357 g/mol. The third-order valence-electron chi connectivity index (χ3n) is 4.99. The summed E-state index contributed by atoms with van der Waals surface area (Å²) in [6.07, 6.45) is 1.05. The number of ether oxygens (including phenoxy) is 4. The van der Waals surface area contributed by atoms with Crippen LogP contribution in [-0.4, -0.2) is 34.1 Å². The van der Waals surface area contributed by atoms with Gasteiger partial charge in [-0.15, -0.1) is 0 Å². The molecule has 0 bridgehead atoms. The predicted molar refractivity (Wildman–Crippen MR) is 98.5 cm³/mol. The van der Waals surface area contributed by atoms with Crippen LogP contribution in [-0.2, 0) is 6.42 Å². The third-order valence-corrected chi connectivity index (χ3v) is 4.99. The van der Waals surface area contributed by atoms with Crippen molar-refractivity contribution >= 4 is 5.69 Å². The van der Waals surface area contributed by atoms with Gasteiger partial charge in [-0.05, 0) is 42.8 Å². The minimum absolute atomic E-state index is 0.0705. The van der Waals surface area contributed by atoms with Crippen molar-refractivity contribution in [1.29, 1.82) is 0 Å². The molecule has 0 aliphatic carbocycles. The molecule has 0 aromatic heterocycles. The third kappa shape index (κ3) is 2.90. The molecule has 2 aliphatic heterocycles. The molecule has 0 spiro atoms. The number of methoxy groups -OCH3 is 1. The highest BCUT2D eigenvalue weighted by molar-refractivity contribution is 5.62. The number of quaternary nitrogens is 1. The molecule has 2 N–H and O–H groups in total. The van der Waals surface area contributed by atoms with Gasteiger partial charge in [0, 0.05) is 12.1 Å². The zero-order chi connectivity index (χ0) is 18.1. The summed E-state index contributed by atoms with van der Waals surface area (Å²) in [4.78, 5) is 1.38. The Hall–Kier alpha value is -2.60. The van der Waals surface area contributed by atoms with Gasteiger partial charge in [0.1, 0.15) is 5.75 Å². The lowest BCUT2D eigenvalue weighted by molar-refractivity contribution is -0.910. The van der Waals surface area contributed by atoms with Crippen LogP contribution in [0.3, 0.4) is 0 Å². The molecule has 138 valence electrons. The van der Waals surface area contributed by atoms with Crippen molar-refractivity contribution in [3.63, 3.8) is 0 Å². The molecule has 2 aromatic carbocycles. The number of hydrogen-bond acceptors (Lipinski definition) is 5. The van der Waals surface area contributed by atoms with Gasteiger partial charge in [-0.25, -0.2) is 0 Å². The molecule has 0 radical (unpaired) electrons. The smallest absolute Gasteiger partial charge is 0.231 e. The van der Waals surface area contributed by atoms with Crippen LogP contribution in [0.2, 0.25) is 0 Å². The molecule has 2 heterocycles. The van der Waals surface area contributed by atoms with E-state index in [-0.39, 0.29) is 13.0 Å². The first-order valence-electron chi connectivity index (χ1n) is 9.02. The highest BCUT2D eigenvalue weighted by Crippen LogP contribution is 2.47. The number of benzene rings is 2. The van der Waals surface area contributed by atoms with E-state index in [1.54, 1.807) is 7.11 Å². The fourth-order valence-electron chi connectivity index (χ4n) is 3.70. The maximum Gasteiger partial charge on any atom is 0.231 e. The Morgan fingerprint density at radius 3 is 2.77 bits per heavy atom. The van der Waals surface area contributed by atoms with Crippen LogP contribution in [0, 0.1) is 0 Å². The Labute approximate surface area is 153 Å². The van der Waals surface area contributed by atoms with Crippen molar-refractivity contribution in [3.05, 3.63) is 41.5 Å². The molecule has 2 aliphatic rings. The highest BCUT2D eigenvalue weighted by Gasteiger charge is 2.36. The van der Waals surface area contributed by atoms with Crippen LogP contribution in [0.25, 0.3) is 0 Å². The van der Waals surface area contributed by atoms with Crippen LogP contribution in [0.15, 0.2) is 30.3 Å². The molecule has 0 amide bonds. The zero-order valence-corrected chi connectivity index (χ0v) is 15.4. The van der Waals surface area contributed by atoms with Gasteiger partial charge in [-0.1, -0.05) is 0 Å². The van der Waals surface area contributed by atoms with Gasteiger partial charge in [0.25, 0.3) is 0 Å². The van der Waals surface area contributed by atoms with Gasteiger partial charge in [0.05, 0.1) is 32.9 Å². The van der Waals surface area contributed by atoms with Gasteiger partial charge in [0.2, 0.25) is 12.5 Å². The number of hydrogen-bond donors (Lipinski definition) is 2. The Kier molecular flexibility index (Phi) is 4.51. The van der Waals surface area contributed by atoms with Crippen molar-refractivity contribution in [2.24, 2.45) is 0 Å². The van der Waals surface area contributed by atoms with Crippen molar-refractivity contribution in [3.8, 4) is 23.0 Å². The molecule has 6 nitrogen and oxygen atoms in total. The predicted octanol–water partition coefficient (Wildman–Crippen LogP) is 2.00. The van der Waals surface area contributed by atoms with Gasteiger partial charge in [-0.2, -0.15) is 0 Å². The topological polar surface area (TPSA) is 53.4 Å². The summed E-state index contributed by atoms with van der Waals surface area (Å²) in [5.74, 6) is 3.14. The van der Waals surface area contributed by atoms with Gasteiger partial charge in [0.15, 0.2) is 17.7 Å². The van der Waals surface area contributed by atoms with Crippen molar-refractivity contribution in [1.82, 2.24) is 0 Å². The SMILES string of the molecule is CCOc1ccc(N[C@@H]2c3c(cc4c(c3OC)OCO4)CC[NH+]2C)cc1. The van der Waals surface area contributed by atoms with Gasteiger partial charge in [-0.3, -0.25) is 0 Å². The van der Waals surface area contributed by atoms with Crippen LogP contribution in [0.4, 0.5) is 5.69 Å². The second-order valence-electron chi connectivity index (χ2n) is 6.60. The molecule has 6 heteroatoms. The number of rotatable bonds is 5. The summed E-state index contributed by atoms with van der Waals surface area (Å²) in [5.41, 5.74) is 3.44. The lowest BCUT2D eigenvalue weighted by Crippen LogP contribution is -3.11. The lowest BCUT2D eigenvalue weighted by atomic mass is 9.94. The Morgan fingerprint density at radius 1 is 1.23 bits per heavy atom. The van der Waals surface area contributed by atoms with Crippen molar-refractivity contribution in [2.45, 2.75) is 19.5 Å². The largest absolute Gasteiger partial charge is 0.494 e. The number of fused-ring (bicyclic) bond motifs is 2. The van der Waals surface area contributed by atoms with Crippen LogP contribution in [0.5, 0.6) is 23.0 Å². The molecule has 26 heavy (non-hydrogen) atoms. The number of likely N-dealkylation sites (N-methyl/N-ethyl adjacent to an activating group) is 1. The number of anilines is 1. The second kappa shape index (κ2) is 6.96. The van der Waals surface area contributed by atoms with Crippen molar-refractivity contribution in [2.75, 3.05) is 39.4 Å². The van der Waals surface area contributed by atoms with E-state index in [9.17, 15) is 0 Å². The molecule has 2 aromatic rings. The van der Waals surface area contributed by atoms with E-state index in [1.165, 1.54) is 10.5 Å². The quantitative estimate of drug-likeness (QED) is 0.857. The monoisotopic (exact) mass is 357 g/mol. The van der Waals surface area contributed by atoms with E-state index >= 15 is 0 Å². The lowest BCUT2D eigenvalue weighted by Gasteiger charge is -2.33. The first kappa shape index (κ1) is 16.8. The van der Waals surface area contributed by atoms with E-state index in [0.29, 0.717) is 12.4 Å². The molecule has 1 unspecified atom stereocenters. The minimum atomic E-state index is 0.0705. The first-order valence-corrected chi connectivity index (χ1v) is 9.02. The van der Waals surface area contributed by atoms with E-state index < -0.39 is 0 Å². The first-order chi connectivity index (χ1) is 12.7. The molecular formula is C20H25N2O4+. The molecule has 0 fully saturated rings. The fourth-order valence-corrected chi connectivity index (χ4v) is 3.70. The van der Waals surface area contributed by atoms with Gasteiger partial charge < -0.3 is 29.2 Å². The van der Waals surface area contributed by atoms with E-state index in [2.05, 4.69) is 18.4 Å². The molecule has 4 rings (SSSR count). The highest BCUT2D eigenvalue weighted by atomic mass is 16.7. The summed E-state index contributed by atoms with van der Waals surface area (Å²) >= 11 is 0. The molecule has 0 saturated carbocycles. The van der Waals surface area contributed by atoms with Crippen LogP contribution in [0.1, 0.15) is 24.2 Å². The summed E-state index contributed by atoms with van der Waals surface area (Å²) in [5, 5.41) is 3.65. The zero-order valence-electron chi connectivity index (χ0n) is 15.4. The maximum absolute atomic E-state index is 5.74. The van der Waals surface area contributed by atoms with E-state index in [4.69, 9.17) is 18.9 Å².